The minimum absolute atomic E-state index is 0.265. The maximum Gasteiger partial charge on any atom is 0.205 e. The first-order valence-electron chi connectivity index (χ1n) is 7.61. The van der Waals surface area contributed by atoms with E-state index in [1.807, 2.05) is 29.6 Å². The van der Waals surface area contributed by atoms with E-state index in [1.165, 1.54) is 29.7 Å². The Morgan fingerprint density at radius 1 is 1.04 bits per heavy atom. The number of phenolic OH excluding ortho intramolecular Hbond substituents is 3. The smallest absolute Gasteiger partial charge is 0.205 e. The quantitative estimate of drug-likeness (QED) is 0.485. The van der Waals surface area contributed by atoms with E-state index in [0.29, 0.717) is 4.80 Å². The van der Waals surface area contributed by atoms with Gasteiger partial charge in [0, 0.05) is 23.6 Å². The molecule has 0 saturated heterocycles. The first kappa shape index (κ1) is 17.6. The van der Waals surface area contributed by atoms with Gasteiger partial charge in [0.05, 0.1) is 19.0 Å². The van der Waals surface area contributed by atoms with Crippen molar-refractivity contribution in [1.82, 2.24) is 4.68 Å². The second-order valence-electron chi connectivity index (χ2n) is 5.28. The van der Waals surface area contributed by atoms with E-state index in [1.54, 1.807) is 18.8 Å². The Morgan fingerprint density at radius 3 is 2.42 bits per heavy atom. The lowest BCUT2D eigenvalue weighted by Gasteiger charge is -2.06. The number of hydrogen-bond donors (Lipinski definition) is 3. The molecule has 0 fully saturated rings. The van der Waals surface area contributed by atoms with Gasteiger partial charge >= 0.3 is 0 Å². The van der Waals surface area contributed by atoms with E-state index in [0.717, 1.165) is 17.0 Å². The summed E-state index contributed by atoms with van der Waals surface area (Å²) in [6, 6.07) is 10.3. The van der Waals surface area contributed by atoms with Gasteiger partial charge in [0.25, 0.3) is 0 Å². The Kier molecular flexibility index (Phi) is 4.94. The zero-order valence-corrected chi connectivity index (χ0v) is 14.9. The van der Waals surface area contributed by atoms with Crippen LogP contribution in [0.25, 0.3) is 11.3 Å². The summed E-state index contributed by atoms with van der Waals surface area (Å²) in [4.78, 5) is 4.87. The average Bonchev–Trinajstić information content (AvgIpc) is 3.08. The fraction of sp³-hybridized carbons (Fsp3) is 0.111. The molecule has 1 aromatic heterocycles. The van der Waals surface area contributed by atoms with E-state index < -0.39 is 17.2 Å². The van der Waals surface area contributed by atoms with Gasteiger partial charge in [0.15, 0.2) is 11.5 Å². The summed E-state index contributed by atoms with van der Waals surface area (Å²) >= 11 is 1.43. The minimum Gasteiger partial charge on any atom is -0.504 e. The van der Waals surface area contributed by atoms with Crippen molar-refractivity contribution in [2.45, 2.75) is 0 Å². The van der Waals surface area contributed by atoms with Gasteiger partial charge in [-0.2, -0.15) is 5.10 Å². The molecule has 0 spiro atoms. The topological polar surface area (TPSA) is 99.6 Å². The first-order chi connectivity index (χ1) is 12.5. The number of rotatable bonds is 4. The van der Waals surface area contributed by atoms with E-state index in [-0.39, 0.29) is 5.56 Å². The lowest BCUT2D eigenvalue weighted by atomic mass is 10.2. The Balaban J connectivity index is 2.05. The molecule has 0 radical (unpaired) electrons. The molecule has 3 aromatic rings. The molecule has 0 atom stereocenters. The predicted octanol–water partition coefficient (Wildman–Crippen LogP) is 2.75. The molecule has 0 bridgehead atoms. The largest absolute Gasteiger partial charge is 0.504 e. The van der Waals surface area contributed by atoms with Crippen molar-refractivity contribution < 1.29 is 20.1 Å². The lowest BCUT2D eigenvalue weighted by Crippen LogP contribution is -2.11. The van der Waals surface area contributed by atoms with Crippen LogP contribution in [0.1, 0.15) is 5.56 Å². The van der Waals surface area contributed by atoms with E-state index in [9.17, 15) is 15.3 Å². The highest BCUT2D eigenvalue weighted by Crippen LogP contribution is 2.36. The predicted molar refractivity (Wildman–Crippen MR) is 100 cm³/mol. The summed E-state index contributed by atoms with van der Waals surface area (Å²) in [5.74, 6) is -0.666. The van der Waals surface area contributed by atoms with Gasteiger partial charge in [0.1, 0.15) is 5.75 Å². The molecule has 2 aromatic carbocycles. The summed E-state index contributed by atoms with van der Waals surface area (Å²) < 4.78 is 6.81. The number of benzene rings is 2. The van der Waals surface area contributed by atoms with Gasteiger partial charge < -0.3 is 20.1 Å². The lowest BCUT2D eigenvalue weighted by molar-refractivity contribution is 0.367. The molecule has 7 nitrogen and oxygen atoms in total. The van der Waals surface area contributed by atoms with E-state index in [4.69, 9.17) is 4.74 Å². The van der Waals surface area contributed by atoms with Crippen LogP contribution in [0.4, 0.5) is 0 Å². The molecule has 134 valence electrons. The summed E-state index contributed by atoms with van der Waals surface area (Å²) in [5, 5.41) is 35.3. The molecule has 0 aliphatic carbocycles. The summed E-state index contributed by atoms with van der Waals surface area (Å²) in [7, 11) is 3.27. The Labute approximate surface area is 153 Å². The van der Waals surface area contributed by atoms with Crippen molar-refractivity contribution in [3.8, 4) is 34.3 Å². The molecule has 26 heavy (non-hydrogen) atoms. The SMILES string of the molecule is CN=c1scc(-c2ccc(OC)cc2)n1N=Cc1ccc(O)c(O)c1O. The van der Waals surface area contributed by atoms with Gasteiger partial charge in [-0.15, -0.1) is 11.3 Å². The molecular weight excluding hydrogens is 354 g/mol. The fourth-order valence-electron chi connectivity index (χ4n) is 2.33. The first-order valence-corrected chi connectivity index (χ1v) is 8.49. The van der Waals surface area contributed by atoms with Crippen molar-refractivity contribution in [2.75, 3.05) is 14.2 Å². The maximum absolute atomic E-state index is 9.93. The fourth-order valence-corrected chi connectivity index (χ4v) is 3.13. The van der Waals surface area contributed by atoms with Crippen molar-refractivity contribution in [2.24, 2.45) is 10.1 Å². The van der Waals surface area contributed by atoms with Gasteiger partial charge in [-0.1, -0.05) is 0 Å². The number of thiazole rings is 1. The second-order valence-corrected chi connectivity index (χ2v) is 6.12. The standard InChI is InChI=1S/C18H17N3O4S/c1-19-18-21(20-9-12-5-8-15(22)17(24)16(12)23)14(10-26-18)11-3-6-13(25-2)7-4-11/h3-10,22-24H,1-2H3. The maximum atomic E-state index is 9.93. The Morgan fingerprint density at radius 2 is 1.77 bits per heavy atom. The van der Waals surface area contributed by atoms with Crippen molar-refractivity contribution in [1.29, 1.82) is 0 Å². The van der Waals surface area contributed by atoms with Crippen LogP contribution in [-0.2, 0) is 0 Å². The van der Waals surface area contributed by atoms with Crippen LogP contribution >= 0.6 is 11.3 Å². The highest BCUT2D eigenvalue weighted by atomic mass is 32.1. The number of nitrogens with zero attached hydrogens (tertiary/aromatic N) is 3. The number of aromatic hydroxyl groups is 3. The molecule has 0 amide bonds. The number of hydrogen-bond acceptors (Lipinski definition) is 7. The van der Waals surface area contributed by atoms with Crippen LogP contribution in [0.3, 0.4) is 0 Å². The minimum atomic E-state index is -0.583. The van der Waals surface area contributed by atoms with Crippen LogP contribution in [-0.4, -0.2) is 40.4 Å². The van der Waals surface area contributed by atoms with Gasteiger partial charge in [-0.3, -0.25) is 4.99 Å². The second kappa shape index (κ2) is 7.32. The zero-order chi connectivity index (χ0) is 18.7. The molecule has 0 aliphatic heterocycles. The van der Waals surface area contributed by atoms with Gasteiger partial charge in [-0.05, 0) is 36.4 Å². The molecule has 0 aliphatic rings. The highest BCUT2D eigenvalue weighted by molar-refractivity contribution is 7.07. The summed E-state index contributed by atoms with van der Waals surface area (Å²) in [6.07, 6.45) is 1.39. The number of phenols is 3. The average molecular weight is 371 g/mol. The summed E-state index contributed by atoms with van der Waals surface area (Å²) in [6.45, 7) is 0. The van der Waals surface area contributed by atoms with Crippen molar-refractivity contribution >= 4 is 17.6 Å². The third kappa shape index (κ3) is 3.27. The molecule has 3 rings (SSSR count). The molecular formula is C18H17N3O4S. The Bertz CT molecular complexity index is 1020. The van der Waals surface area contributed by atoms with E-state index in [2.05, 4.69) is 10.1 Å². The van der Waals surface area contributed by atoms with Crippen molar-refractivity contribution in [3.05, 3.63) is 52.1 Å². The van der Waals surface area contributed by atoms with Crippen LogP contribution in [0.5, 0.6) is 23.0 Å². The van der Waals surface area contributed by atoms with Crippen molar-refractivity contribution in [3.63, 3.8) is 0 Å². The number of aromatic nitrogens is 1. The van der Waals surface area contributed by atoms with Gasteiger partial charge in [0.2, 0.25) is 10.6 Å². The Hall–Kier alpha value is -3.26. The monoisotopic (exact) mass is 371 g/mol. The molecule has 0 unspecified atom stereocenters. The van der Waals surface area contributed by atoms with Crippen LogP contribution < -0.4 is 9.54 Å². The molecule has 1 heterocycles. The molecule has 8 heteroatoms. The van der Waals surface area contributed by atoms with Crippen LogP contribution in [0.2, 0.25) is 0 Å². The normalized spacial score (nSPS) is 12.0. The van der Waals surface area contributed by atoms with Crippen LogP contribution in [0.15, 0.2) is 51.9 Å². The zero-order valence-electron chi connectivity index (χ0n) is 14.1. The van der Waals surface area contributed by atoms with E-state index >= 15 is 0 Å². The number of ether oxygens (including phenoxy) is 1. The third-order valence-electron chi connectivity index (χ3n) is 3.74. The highest BCUT2D eigenvalue weighted by Gasteiger charge is 2.11. The molecule has 3 N–H and O–H groups in total. The molecule has 0 saturated carbocycles. The third-order valence-corrected chi connectivity index (χ3v) is 4.64. The van der Waals surface area contributed by atoms with Crippen LogP contribution in [0, 0.1) is 0 Å². The van der Waals surface area contributed by atoms with Gasteiger partial charge in [-0.25, -0.2) is 4.68 Å². The summed E-state index contributed by atoms with van der Waals surface area (Å²) in [5.41, 5.74) is 2.01. The number of methoxy groups -OCH3 is 1.